The molecule has 2 heterocycles. The van der Waals surface area contributed by atoms with Gasteiger partial charge in [-0.3, -0.25) is 14.5 Å². The predicted molar refractivity (Wildman–Crippen MR) is 132 cm³/mol. The lowest BCUT2D eigenvalue weighted by molar-refractivity contribution is -0.143. The zero-order chi connectivity index (χ0) is 23.4. The van der Waals surface area contributed by atoms with Crippen LogP contribution in [0.3, 0.4) is 0 Å². The Morgan fingerprint density at radius 1 is 1.29 bits per heavy atom. The standard InChI is InChI=1S/C24H29FN4O3S.ClH/c1-2-32-22(30)10-12-29-26-14-18(27-29)13-17-15-28(11-9-21(17)33)23(24(31)16-7-8-16)19-5-3-4-6-20(19)25;/h3-6,13-14,16,21,23,33H,2,7-12,15H2,1H3;1H/b17-13-;. The molecule has 2 fully saturated rings. The van der Waals surface area contributed by atoms with Gasteiger partial charge in [-0.15, -0.1) is 12.4 Å². The highest BCUT2D eigenvalue weighted by atomic mass is 35.5. The molecule has 1 saturated carbocycles. The van der Waals surface area contributed by atoms with Crippen molar-refractivity contribution < 1.29 is 18.7 Å². The number of aryl methyl sites for hydroxylation is 1. The minimum absolute atomic E-state index is 0. The molecule has 0 spiro atoms. The molecule has 2 atom stereocenters. The summed E-state index contributed by atoms with van der Waals surface area (Å²) in [5, 5.41) is 8.67. The van der Waals surface area contributed by atoms with Crippen LogP contribution in [0.5, 0.6) is 0 Å². The molecule has 4 rings (SSSR count). The Kier molecular flexibility index (Phi) is 9.27. The fourth-order valence-electron chi connectivity index (χ4n) is 4.17. The van der Waals surface area contributed by atoms with Gasteiger partial charge in [-0.1, -0.05) is 18.2 Å². The summed E-state index contributed by atoms with van der Waals surface area (Å²) in [5.74, 6) is -0.510. The van der Waals surface area contributed by atoms with Crippen molar-refractivity contribution in [3.63, 3.8) is 0 Å². The second-order valence-electron chi connectivity index (χ2n) is 8.52. The molecule has 34 heavy (non-hydrogen) atoms. The summed E-state index contributed by atoms with van der Waals surface area (Å²) < 4.78 is 19.6. The van der Waals surface area contributed by atoms with Gasteiger partial charge in [0.1, 0.15) is 11.5 Å². The number of halogens is 2. The topological polar surface area (TPSA) is 77.3 Å². The van der Waals surface area contributed by atoms with E-state index in [4.69, 9.17) is 17.4 Å². The number of rotatable bonds is 9. The van der Waals surface area contributed by atoms with Crippen LogP contribution in [-0.2, 0) is 20.9 Å². The average molecular weight is 509 g/mol. The van der Waals surface area contributed by atoms with Crippen molar-refractivity contribution in [3.8, 4) is 0 Å². The van der Waals surface area contributed by atoms with Gasteiger partial charge in [0.2, 0.25) is 0 Å². The number of thiol groups is 1. The summed E-state index contributed by atoms with van der Waals surface area (Å²) in [4.78, 5) is 28.3. The van der Waals surface area contributed by atoms with Crippen molar-refractivity contribution in [2.75, 3.05) is 19.7 Å². The van der Waals surface area contributed by atoms with E-state index in [1.165, 1.54) is 10.9 Å². The van der Waals surface area contributed by atoms with Gasteiger partial charge >= 0.3 is 5.97 Å². The summed E-state index contributed by atoms with van der Waals surface area (Å²) >= 11 is 4.74. The first-order chi connectivity index (χ1) is 16.0. The maximum Gasteiger partial charge on any atom is 0.307 e. The molecular formula is C24H30ClFN4O3S. The van der Waals surface area contributed by atoms with E-state index in [-0.39, 0.29) is 47.6 Å². The second kappa shape index (κ2) is 12.0. The van der Waals surface area contributed by atoms with Gasteiger partial charge in [0.15, 0.2) is 5.78 Å². The van der Waals surface area contributed by atoms with Crippen LogP contribution in [0.25, 0.3) is 6.08 Å². The molecule has 1 aliphatic carbocycles. The molecule has 2 aliphatic rings. The van der Waals surface area contributed by atoms with Crippen LogP contribution in [0.15, 0.2) is 36.0 Å². The smallest absolute Gasteiger partial charge is 0.307 e. The van der Waals surface area contributed by atoms with Gasteiger partial charge in [-0.25, -0.2) is 4.39 Å². The summed E-state index contributed by atoms with van der Waals surface area (Å²) in [6.07, 6.45) is 6.28. The summed E-state index contributed by atoms with van der Waals surface area (Å²) in [6, 6.07) is 5.96. The first kappa shape index (κ1) is 26.4. The largest absolute Gasteiger partial charge is 0.466 e. The molecule has 1 aromatic heterocycles. The number of ketones is 1. The number of piperidine rings is 1. The zero-order valence-electron chi connectivity index (χ0n) is 19.1. The number of carbonyl (C=O) groups excluding carboxylic acids is 2. The Balaban J connectivity index is 0.00000324. The molecular weight excluding hydrogens is 479 g/mol. The van der Waals surface area contributed by atoms with Crippen LogP contribution >= 0.6 is 25.0 Å². The van der Waals surface area contributed by atoms with Crippen molar-refractivity contribution in [2.45, 2.75) is 50.4 Å². The molecule has 10 heteroatoms. The minimum Gasteiger partial charge on any atom is -0.466 e. The summed E-state index contributed by atoms with van der Waals surface area (Å²) in [5.41, 5.74) is 2.11. The summed E-state index contributed by atoms with van der Waals surface area (Å²) in [7, 11) is 0. The number of likely N-dealkylation sites (tertiary alicyclic amines) is 1. The van der Waals surface area contributed by atoms with Crippen LogP contribution in [0, 0.1) is 11.7 Å². The monoisotopic (exact) mass is 508 g/mol. The molecule has 0 amide bonds. The minimum atomic E-state index is -0.594. The number of aromatic nitrogens is 3. The maximum atomic E-state index is 14.7. The van der Waals surface area contributed by atoms with Gasteiger partial charge in [-0.2, -0.15) is 27.6 Å². The lowest BCUT2D eigenvalue weighted by Gasteiger charge is -2.37. The number of ether oxygens (including phenoxy) is 1. The number of carbonyl (C=O) groups is 2. The highest BCUT2D eigenvalue weighted by Crippen LogP contribution is 2.39. The molecule has 1 aromatic carbocycles. The van der Waals surface area contributed by atoms with Crippen molar-refractivity contribution in [2.24, 2.45) is 5.92 Å². The van der Waals surface area contributed by atoms with Crippen molar-refractivity contribution in [1.29, 1.82) is 0 Å². The van der Waals surface area contributed by atoms with Crippen LogP contribution in [-0.4, -0.2) is 56.6 Å². The second-order valence-corrected chi connectivity index (χ2v) is 9.14. The van der Waals surface area contributed by atoms with Gasteiger partial charge < -0.3 is 4.74 Å². The van der Waals surface area contributed by atoms with Gasteiger partial charge in [-0.05, 0) is 43.9 Å². The van der Waals surface area contributed by atoms with E-state index in [1.807, 2.05) is 6.08 Å². The molecule has 0 radical (unpaired) electrons. The third-order valence-electron chi connectivity index (χ3n) is 6.03. The van der Waals surface area contributed by atoms with Crippen LogP contribution in [0.2, 0.25) is 0 Å². The molecule has 0 bridgehead atoms. The molecule has 0 N–H and O–H groups in total. The van der Waals surface area contributed by atoms with E-state index in [0.29, 0.717) is 37.5 Å². The van der Waals surface area contributed by atoms with E-state index in [9.17, 15) is 14.0 Å². The van der Waals surface area contributed by atoms with Crippen LogP contribution in [0.4, 0.5) is 4.39 Å². The van der Waals surface area contributed by atoms with Gasteiger partial charge in [0.25, 0.3) is 0 Å². The lowest BCUT2D eigenvalue weighted by Crippen LogP contribution is -2.42. The molecule has 7 nitrogen and oxygen atoms in total. The third kappa shape index (κ3) is 6.46. The summed E-state index contributed by atoms with van der Waals surface area (Å²) in [6.45, 7) is 3.62. The third-order valence-corrected chi connectivity index (χ3v) is 6.62. The lowest BCUT2D eigenvalue weighted by atomic mass is 9.93. The van der Waals surface area contributed by atoms with Crippen molar-refractivity contribution >= 4 is 42.9 Å². The first-order valence-corrected chi connectivity index (χ1v) is 11.9. The zero-order valence-corrected chi connectivity index (χ0v) is 20.8. The van der Waals surface area contributed by atoms with Crippen LogP contribution in [0.1, 0.15) is 49.9 Å². The van der Waals surface area contributed by atoms with Gasteiger partial charge in [0.05, 0.1) is 31.8 Å². The Hall–Kier alpha value is -2.23. The molecule has 1 saturated heterocycles. The number of Topliss-reactive ketones (excluding diaryl/α,β-unsaturated/α-hetero) is 1. The van der Waals surface area contributed by atoms with E-state index < -0.39 is 6.04 Å². The fourth-order valence-corrected chi connectivity index (χ4v) is 4.44. The first-order valence-electron chi connectivity index (χ1n) is 11.4. The average Bonchev–Trinajstić information content (AvgIpc) is 3.56. The number of hydrogen-bond donors (Lipinski definition) is 1. The Labute approximate surface area is 210 Å². The van der Waals surface area contributed by atoms with Crippen molar-refractivity contribution in [1.82, 2.24) is 19.9 Å². The Bertz CT molecular complexity index is 1040. The SMILES string of the molecule is CCOC(=O)CCn1ncc(/C=C2/CN(C(C(=O)C3CC3)c3ccccc3F)CCC2S)n1.Cl. The highest BCUT2D eigenvalue weighted by Gasteiger charge is 2.40. The molecule has 2 unspecified atom stereocenters. The van der Waals surface area contributed by atoms with E-state index >= 15 is 0 Å². The van der Waals surface area contributed by atoms with E-state index in [0.717, 1.165) is 24.8 Å². The Morgan fingerprint density at radius 3 is 2.76 bits per heavy atom. The number of hydrogen-bond acceptors (Lipinski definition) is 7. The molecule has 1 aliphatic heterocycles. The normalized spacial score (nSPS) is 20.6. The number of benzene rings is 1. The quantitative estimate of drug-likeness (QED) is 0.409. The highest BCUT2D eigenvalue weighted by molar-refractivity contribution is 7.81. The fraction of sp³-hybridized carbons (Fsp3) is 0.500. The molecule has 184 valence electrons. The predicted octanol–water partition coefficient (Wildman–Crippen LogP) is 3.90. The molecule has 2 aromatic rings. The van der Waals surface area contributed by atoms with Crippen LogP contribution < -0.4 is 0 Å². The van der Waals surface area contributed by atoms with E-state index in [2.05, 4.69) is 15.1 Å². The Morgan fingerprint density at radius 2 is 2.06 bits per heavy atom. The maximum absolute atomic E-state index is 14.7. The number of nitrogens with zero attached hydrogens (tertiary/aromatic N) is 4. The number of esters is 1. The van der Waals surface area contributed by atoms with Gasteiger partial charge in [0, 0.05) is 29.8 Å². The van der Waals surface area contributed by atoms with Crippen molar-refractivity contribution in [3.05, 3.63) is 53.1 Å². The van der Waals surface area contributed by atoms with E-state index in [1.54, 1.807) is 31.3 Å².